The summed E-state index contributed by atoms with van der Waals surface area (Å²) in [7, 11) is 6.22. The summed E-state index contributed by atoms with van der Waals surface area (Å²) in [5.41, 5.74) is 1.77. The van der Waals surface area contributed by atoms with Gasteiger partial charge in [0.25, 0.3) is 0 Å². The van der Waals surface area contributed by atoms with Crippen LogP contribution in [0.2, 0.25) is 0 Å². The fourth-order valence-corrected chi connectivity index (χ4v) is 3.01. The van der Waals surface area contributed by atoms with E-state index >= 15 is 0 Å². The summed E-state index contributed by atoms with van der Waals surface area (Å²) < 4.78 is 5.98. The van der Waals surface area contributed by atoms with Gasteiger partial charge in [0.05, 0.1) is 5.52 Å². The van der Waals surface area contributed by atoms with Gasteiger partial charge in [0, 0.05) is 30.9 Å². The molecule has 0 amide bonds. The number of benzene rings is 2. The van der Waals surface area contributed by atoms with Crippen LogP contribution in [0.1, 0.15) is 0 Å². The van der Waals surface area contributed by atoms with Crippen molar-refractivity contribution >= 4 is 27.7 Å². The molecule has 132 valence electrons. The molecule has 0 unspecified atom stereocenters. The summed E-state index contributed by atoms with van der Waals surface area (Å²) in [6.07, 6.45) is 0. The highest BCUT2D eigenvalue weighted by Crippen LogP contribution is 2.30. The number of aromatic nitrogens is 2. The van der Waals surface area contributed by atoms with Crippen molar-refractivity contribution in [1.29, 1.82) is 0 Å². The van der Waals surface area contributed by atoms with E-state index < -0.39 is 0 Å². The summed E-state index contributed by atoms with van der Waals surface area (Å²) >= 11 is 0. The smallest absolute Gasteiger partial charge is 0.198 e. The lowest BCUT2D eigenvalue weighted by Crippen LogP contribution is -2.29. The molecule has 4 rings (SSSR count). The van der Waals surface area contributed by atoms with Crippen LogP contribution in [0, 0.1) is 0 Å². The van der Waals surface area contributed by atoms with E-state index in [1.165, 1.54) is 0 Å². The molecule has 5 heteroatoms. The largest absolute Gasteiger partial charge is 0.453 e. The third kappa shape index (κ3) is 3.13. The predicted octanol–water partition coefficient (Wildman–Crippen LogP) is 4.04. The van der Waals surface area contributed by atoms with E-state index in [2.05, 4.69) is 37.0 Å². The highest BCUT2D eigenvalue weighted by atomic mass is 16.3. The van der Waals surface area contributed by atoms with Gasteiger partial charge in [-0.05, 0) is 38.4 Å². The number of anilines is 1. The Bertz CT molecular complexity index is 1020. The molecule has 0 fully saturated rings. The van der Waals surface area contributed by atoms with E-state index in [9.17, 15) is 0 Å². The summed E-state index contributed by atoms with van der Waals surface area (Å²) in [5.74, 6) is 2.23. The van der Waals surface area contributed by atoms with E-state index in [1.807, 2.05) is 48.5 Å². The van der Waals surface area contributed by atoms with Crippen molar-refractivity contribution < 1.29 is 4.42 Å². The minimum absolute atomic E-state index is 0.617. The zero-order valence-electron chi connectivity index (χ0n) is 15.3. The van der Waals surface area contributed by atoms with Gasteiger partial charge in [0.15, 0.2) is 11.6 Å². The molecule has 0 bridgehead atoms. The molecule has 0 N–H and O–H groups in total. The molecule has 0 aliphatic carbocycles. The molecule has 0 saturated carbocycles. The first kappa shape index (κ1) is 16.5. The molecule has 26 heavy (non-hydrogen) atoms. The molecule has 5 nitrogen and oxygen atoms in total. The zero-order valence-corrected chi connectivity index (χ0v) is 15.3. The fraction of sp³-hybridized carbons (Fsp3) is 0.238. The summed E-state index contributed by atoms with van der Waals surface area (Å²) in [4.78, 5) is 13.9. The summed E-state index contributed by atoms with van der Waals surface area (Å²) in [6.45, 7) is 1.84. The van der Waals surface area contributed by atoms with Gasteiger partial charge in [-0.2, -0.15) is 0 Å². The standard InChI is InChI=1S/C21H22N4O/c1-24(2)12-13-25(3)21-16-9-5-6-10-17(16)22-20(23-21)19-14-15-8-4-7-11-18(15)26-19/h4-11,14H,12-13H2,1-3H3. The maximum Gasteiger partial charge on any atom is 0.198 e. The second-order valence-corrected chi connectivity index (χ2v) is 6.76. The Morgan fingerprint density at radius 2 is 1.65 bits per heavy atom. The number of hydrogen-bond acceptors (Lipinski definition) is 5. The van der Waals surface area contributed by atoms with Crippen LogP contribution in [0.25, 0.3) is 33.5 Å². The van der Waals surface area contributed by atoms with Gasteiger partial charge >= 0.3 is 0 Å². The topological polar surface area (TPSA) is 45.4 Å². The first-order valence-electron chi connectivity index (χ1n) is 8.73. The Labute approximate surface area is 152 Å². The van der Waals surface area contributed by atoms with Gasteiger partial charge in [-0.3, -0.25) is 0 Å². The first-order chi connectivity index (χ1) is 12.6. The Kier molecular flexibility index (Phi) is 4.31. The lowest BCUT2D eigenvalue weighted by Gasteiger charge is -2.22. The third-order valence-corrected chi connectivity index (χ3v) is 4.47. The van der Waals surface area contributed by atoms with Gasteiger partial charge in [-0.25, -0.2) is 9.97 Å². The SMILES string of the molecule is CN(C)CCN(C)c1nc(-c2cc3ccccc3o2)nc2ccccc12. The van der Waals surface area contributed by atoms with Gasteiger partial charge in [-0.1, -0.05) is 30.3 Å². The fourth-order valence-electron chi connectivity index (χ4n) is 3.01. The molecular formula is C21H22N4O. The van der Waals surface area contributed by atoms with E-state index in [0.717, 1.165) is 40.8 Å². The Morgan fingerprint density at radius 3 is 2.46 bits per heavy atom. The predicted molar refractivity (Wildman–Crippen MR) is 107 cm³/mol. The molecule has 0 radical (unpaired) electrons. The molecule has 0 aliphatic rings. The Hall–Kier alpha value is -2.92. The van der Waals surface area contributed by atoms with Gasteiger partial charge in [-0.15, -0.1) is 0 Å². The molecule has 0 atom stereocenters. The van der Waals surface area contributed by atoms with Crippen LogP contribution in [0.15, 0.2) is 59.0 Å². The number of likely N-dealkylation sites (N-methyl/N-ethyl adjacent to an activating group) is 2. The molecule has 2 aromatic heterocycles. The monoisotopic (exact) mass is 346 g/mol. The van der Waals surface area contributed by atoms with Crippen LogP contribution >= 0.6 is 0 Å². The first-order valence-corrected chi connectivity index (χ1v) is 8.73. The average molecular weight is 346 g/mol. The second kappa shape index (κ2) is 6.77. The summed E-state index contributed by atoms with van der Waals surface area (Å²) in [6, 6.07) is 18.1. The lowest BCUT2D eigenvalue weighted by molar-refractivity contribution is 0.416. The molecule has 2 heterocycles. The third-order valence-electron chi connectivity index (χ3n) is 4.47. The van der Waals surface area contributed by atoms with E-state index in [0.29, 0.717) is 11.6 Å². The number of para-hydroxylation sites is 2. The molecule has 0 aliphatic heterocycles. The molecule has 2 aromatic carbocycles. The van der Waals surface area contributed by atoms with Crippen molar-refractivity contribution in [3.8, 4) is 11.6 Å². The molecular weight excluding hydrogens is 324 g/mol. The van der Waals surface area contributed by atoms with Crippen LogP contribution in [-0.4, -0.2) is 49.1 Å². The van der Waals surface area contributed by atoms with Crippen LogP contribution in [0.5, 0.6) is 0 Å². The second-order valence-electron chi connectivity index (χ2n) is 6.76. The van der Waals surface area contributed by atoms with Crippen molar-refractivity contribution in [1.82, 2.24) is 14.9 Å². The molecule has 0 spiro atoms. The van der Waals surface area contributed by atoms with Gasteiger partial charge < -0.3 is 14.2 Å². The van der Waals surface area contributed by atoms with Crippen LogP contribution < -0.4 is 4.90 Å². The maximum absolute atomic E-state index is 5.98. The van der Waals surface area contributed by atoms with Crippen molar-refractivity contribution in [3.05, 3.63) is 54.6 Å². The number of nitrogens with zero attached hydrogens (tertiary/aromatic N) is 4. The zero-order chi connectivity index (χ0) is 18.1. The van der Waals surface area contributed by atoms with E-state index in [1.54, 1.807) is 0 Å². The van der Waals surface area contributed by atoms with Crippen LogP contribution in [0.4, 0.5) is 5.82 Å². The van der Waals surface area contributed by atoms with Gasteiger partial charge in [0.1, 0.15) is 11.4 Å². The number of hydrogen-bond donors (Lipinski definition) is 0. The Balaban J connectivity index is 1.82. The number of rotatable bonds is 5. The van der Waals surface area contributed by atoms with E-state index in [-0.39, 0.29) is 0 Å². The highest BCUT2D eigenvalue weighted by Gasteiger charge is 2.15. The van der Waals surface area contributed by atoms with Crippen molar-refractivity contribution in [3.63, 3.8) is 0 Å². The van der Waals surface area contributed by atoms with E-state index in [4.69, 9.17) is 14.4 Å². The van der Waals surface area contributed by atoms with Crippen molar-refractivity contribution in [2.24, 2.45) is 0 Å². The highest BCUT2D eigenvalue weighted by molar-refractivity contribution is 5.91. The van der Waals surface area contributed by atoms with Crippen LogP contribution in [-0.2, 0) is 0 Å². The lowest BCUT2D eigenvalue weighted by atomic mass is 10.2. The maximum atomic E-state index is 5.98. The number of furan rings is 1. The van der Waals surface area contributed by atoms with Crippen molar-refractivity contribution in [2.45, 2.75) is 0 Å². The minimum Gasteiger partial charge on any atom is -0.453 e. The van der Waals surface area contributed by atoms with Crippen LogP contribution in [0.3, 0.4) is 0 Å². The normalized spacial score (nSPS) is 11.5. The Morgan fingerprint density at radius 1 is 0.885 bits per heavy atom. The van der Waals surface area contributed by atoms with Crippen molar-refractivity contribution in [2.75, 3.05) is 39.1 Å². The molecule has 4 aromatic rings. The average Bonchev–Trinajstić information content (AvgIpc) is 3.09. The summed E-state index contributed by atoms with van der Waals surface area (Å²) in [5, 5.41) is 2.11. The minimum atomic E-state index is 0.617. The molecule has 0 saturated heterocycles. The quantitative estimate of drug-likeness (QED) is 0.546. The van der Waals surface area contributed by atoms with Gasteiger partial charge in [0.2, 0.25) is 0 Å². The number of fused-ring (bicyclic) bond motifs is 2.